The Morgan fingerprint density at radius 2 is 1.70 bits per heavy atom. The van der Waals surface area contributed by atoms with Crippen LogP contribution in [0.2, 0.25) is 10.0 Å². The molecule has 3 rings (SSSR count). The number of hydrogen-bond donors (Lipinski definition) is 2. The predicted octanol–water partition coefficient (Wildman–Crippen LogP) is 4.05. The maximum absolute atomic E-state index is 12.3. The second-order valence-corrected chi connectivity index (χ2v) is 7.46. The summed E-state index contributed by atoms with van der Waals surface area (Å²) in [5.41, 5.74) is 0.382. The molecule has 1 fully saturated rings. The Morgan fingerprint density at radius 3 is 2.33 bits per heavy atom. The van der Waals surface area contributed by atoms with Gasteiger partial charge in [0.1, 0.15) is 0 Å². The van der Waals surface area contributed by atoms with Crippen LogP contribution in [0.1, 0.15) is 18.4 Å². The van der Waals surface area contributed by atoms with Crippen LogP contribution in [0.4, 0.5) is 5.69 Å². The first-order valence-corrected chi connectivity index (χ1v) is 9.43. The lowest BCUT2D eigenvalue weighted by atomic mass is 9.73. The average molecular weight is 407 g/mol. The molecule has 5 nitrogen and oxygen atoms in total. The lowest BCUT2D eigenvalue weighted by Crippen LogP contribution is -2.49. The number of carboxylic acid groups (broad SMARTS) is 1. The number of rotatable bonds is 5. The zero-order chi connectivity index (χ0) is 19.4. The highest BCUT2D eigenvalue weighted by molar-refractivity contribution is 6.44. The average Bonchev–Trinajstić information content (AvgIpc) is 2.67. The standard InChI is InChI=1S/C20H20Cl2N2O3/c21-15-7-4-8-16(18(15)22)23-17(25)13-24-11-9-20(10-12-24,19(26)27)14-5-2-1-3-6-14/h1-8H,9-13H2,(H,23,25)(H,26,27). The van der Waals surface area contributed by atoms with Crippen LogP contribution in [0.5, 0.6) is 0 Å². The van der Waals surface area contributed by atoms with Gasteiger partial charge in [-0.1, -0.05) is 59.6 Å². The van der Waals surface area contributed by atoms with Gasteiger partial charge in [-0.25, -0.2) is 0 Å². The van der Waals surface area contributed by atoms with E-state index in [1.54, 1.807) is 18.2 Å². The number of likely N-dealkylation sites (tertiary alicyclic amines) is 1. The summed E-state index contributed by atoms with van der Waals surface area (Å²) in [4.78, 5) is 26.3. The minimum atomic E-state index is -0.898. The minimum Gasteiger partial charge on any atom is -0.481 e. The molecule has 0 radical (unpaired) electrons. The number of nitrogens with one attached hydrogen (secondary N) is 1. The number of anilines is 1. The Hall–Kier alpha value is -2.08. The molecule has 0 unspecified atom stereocenters. The summed E-state index contributed by atoms with van der Waals surface area (Å²) < 4.78 is 0. The van der Waals surface area contributed by atoms with E-state index >= 15 is 0 Å². The van der Waals surface area contributed by atoms with Crippen molar-refractivity contribution >= 4 is 40.8 Å². The molecule has 1 saturated heterocycles. The van der Waals surface area contributed by atoms with Gasteiger partial charge in [0.2, 0.25) is 5.91 Å². The molecule has 0 aliphatic carbocycles. The number of aliphatic carboxylic acids is 1. The summed E-state index contributed by atoms with van der Waals surface area (Å²) in [6.07, 6.45) is 0.912. The molecule has 0 atom stereocenters. The van der Waals surface area contributed by atoms with Crippen molar-refractivity contribution < 1.29 is 14.7 Å². The van der Waals surface area contributed by atoms with E-state index in [4.69, 9.17) is 23.2 Å². The van der Waals surface area contributed by atoms with E-state index in [9.17, 15) is 14.7 Å². The number of halogens is 2. The fraction of sp³-hybridized carbons (Fsp3) is 0.300. The number of benzene rings is 2. The maximum Gasteiger partial charge on any atom is 0.314 e. The highest BCUT2D eigenvalue weighted by Crippen LogP contribution is 2.36. The highest BCUT2D eigenvalue weighted by Gasteiger charge is 2.43. The van der Waals surface area contributed by atoms with E-state index in [2.05, 4.69) is 5.32 Å². The van der Waals surface area contributed by atoms with Crippen LogP contribution in [0.15, 0.2) is 48.5 Å². The third kappa shape index (κ3) is 4.26. The van der Waals surface area contributed by atoms with Gasteiger partial charge in [-0.15, -0.1) is 0 Å². The molecule has 142 valence electrons. The monoisotopic (exact) mass is 406 g/mol. The van der Waals surface area contributed by atoms with Crippen molar-refractivity contribution in [2.45, 2.75) is 18.3 Å². The van der Waals surface area contributed by atoms with Crippen molar-refractivity contribution in [2.24, 2.45) is 0 Å². The molecular weight excluding hydrogens is 387 g/mol. The van der Waals surface area contributed by atoms with Crippen LogP contribution in [0.3, 0.4) is 0 Å². The van der Waals surface area contributed by atoms with Crippen molar-refractivity contribution in [3.8, 4) is 0 Å². The Kier molecular flexibility index (Phi) is 6.05. The molecule has 0 bridgehead atoms. The number of carbonyl (C=O) groups is 2. The largest absolute Gasteiger partial charge is 0.481 e. The van der Waals surface area contributed by atoms with Crippen molar-refractivity contribution in [1.29, 1.82) is 0 Å². The van der Waals surface area contributed by atoms with Gasteiger partial charge < -0.3 is 10.4 Å². The summed E-state index contributed by atoms with van der Waals surface area (Å²) in [5, 5.41) is 13.3. The Labute approximate surface area is 167 Å². The summed E-state index contributed by atoms with van der Waals surface area (Å²) in [7, 11) is 0. The first-order valence-electron chi connectivity index (χ1n) is 8.67. The molecule has 0 saturated carbocycles. The van der Waals surface area contributed by atoms with E-state index < -0.39 is 11.4 Å². The lowest BCUT2D eigenvalue weighted by Gasteiger charge is -2.39. The van der Waals surface area contributed by atoms with E-state index in [1.807, 2.05) is 35.2 Å². The summed E-state index contributed by atoms with van der Waals surface area (Å²) in [6, 6.07) is 14.4. The molecule has 1 heterocycles. The van der Waals surface area contributed by atoms with Crippen LogP contribution >= 0.6 is 23.2 Å². The number of hydrogen-bond acceptors (Lipinski definition) is 3. The van der Waals surface area contributed by atoms with E-state index in [-0.39, 0.29) is 12.5 Å². The second kappa shape index (κ2) is 8.30. The normalized spacial score (nSPS) is 16.7. The highest BCUT2D eigenvalue weighted by atomic mass is 35.5. The third-order valence-electron chi connectivity index (χ3n) is 5.04. The molecule has 27 heavy (non-hydrogen) atoms. The van der Waals surface area contributed by atoms with Crippen molar-refractivity contribution in [1.82, 2.24) is 4.90 Å². The van der Waals surface area contributed by atoms with E-state index in [1.165, 1.54) is 0 Å². The Bertz CT molecular complexity index is 834. The van der Waals surface area contributed by atoms with Gasteiger partial charge in [-0.3, -0.25) is 14.5 Å². The molecule has 1 amide bonds. The van der Waals surface area contributed by atoms with Gasteiger partial charge in [0.15, 0.2) is 0 Å². The summed E-state index contributed by atoms with van der Waals surface area (Å²) >= 11 is 12.1. The third-order valence-corrected chi connectivity index (χ3v) is 5.86. The van der Waals surface area contributed by atoms with Crippen LogP contribution in [-0.4, -0.2) is 41.5 Å². The molecule has 0 aromatic heterocycles. The Balaban J connectivity index is 1.62. The Morgan fingerprint density at radius 1 is 1.04 bits per heavy atom. The fourth-order valence-corrected chi connectivity index (χ4v) is 3.82. The van der Waals surface area contributed by atoms with Crippen molar-refractivity contribution in [2.75, 3.05) is 25.0 Å². The molecule has 0 spiro atoms. The quantitative estimate of drug-likeness (QED) is 0.785. The number of carbonyl (C=O) groups excluding carboxylic acids is 1. The molecule has 7 heteroatoms. The molecule has 2 aromatic carbocycles. The zero-order valence-electron chi connectivity index (χ0n) is 14.6. The lowest BCUT2D eigenvalue weighted by molar-refractivity contribution is -0.146. The molecule has 2 N–H and O–H groups in total. The number of carboxylic acids is 1. The van der Waals surface area contributed by atoms with Crippen molar-refractivity contribution in [3.63, 3.8) is 0 Å². The van der Waals surface area contributed by atoms with E-state index in [0.29, 0.717) is 41.7 Å². The molecule has 2 aromatic rings. The van der Waals surface area contributed by atoms with Crippen LogP contribution in [0.25, 0.3) is 0 Å². The molecular formula is C20H20Cl2N2O3. The second-order valence-electron chi connectivity index (χ2n) is 6.68. The van der Waals surface area contributed by atoms with Gasteiger partial charge in [-0.2, -0.15) is 0 Å². The van der Waals surface area contributed by atoms with Gasteiger partial charge in [0.05, 0.1) is 27.7 Å². The molecule has 1 aliphatic heterocycles. The minimum absolute atomic E-state index is 0.174. The van der Waals surface area contributed by atoms with Crippen LogP contribution in [-0.2, 0) is 15.0 Å². The number of piperidine rings is 1. The predicted molar refractivity (Wildman–Crippen MR) is 107 cm³/mol. The smallest absolute Gasteiger partial charge is 0.314 e. The van der Waals surface area contributed by atoms with Crippen molar-refractivity contribution in [3.05, 3.63) is 64.1 Å². The first-order chi connectivity index (χ1) is 12.9. The van der Waals surface area contributed by atoms with Gasteiger partial charge in [0.25, 0.3) is 0 Å². The van der Waals surface area contributed by atoms with E-state index in [0.717, 1.165) is 5.56 Å². The summed E-state index contributed by atoms with van der Waals surface area (Å²) in [5.74, 6) is -1.02. The van der Waals surface area contributed by atoms with Gasteiger partial charge >= 0.3 is 5.97 Å². The van der Waals surface area contributed by atoms with Crippen LogP contribution in [0, 0.1) is 0 Å². The zero-order valence-corrected chi connectivity index (χ0v) is 16.1. The topological polar surface area (TPSA) is 69.6 Å². The number of nitrogens with zero attached hydrogens (tertiary/aromatic N) is 1. The SMILES string of the molecule is O=C(CN1CCC(C(=O)O)(c2ccccc2)CC1)Nc1cccc(Cl)c1Cl. The van der Waals surface area contributed by atoms with Gasteiger partial charge in [0, 0.05) is 13.1 Å². The number of amides is 1. The maximum atomic E-state index is 12.3. The summed E-state index contributed by atoms with van der Waals surface area (Å²) in [6.45, 7) is 1.23. The van der Waals surface area contributed by atoms with Gasteiger partial charge in [-0.05, 0) is 30.5 Å². The fourth-order valence-electron chi connectivity index (χ4n) is 3.47. The van der Waals surface area contributed by atoms with Crippen LogP contribution < -0.4 is 5.32 Å². The molecule has 1 aliphatic rings. The first kappa shape index (κ1) is 19.7.